The number of hydrogen-bond acceptors (Lipinski definition) is 4. The molecule has 5 heteroatoms. The highest BCUT2D eigenvalue weighted by atomic mass is 16.6. The number of nitrogens with two attached hydrogens (primary N) is 1. The average Bonchev–Trinajstić information content (AvgIpc) is 2.87. The molecule has 3 aromatic rings. The Labute approximate surface area is 201 Å². The Balaban J connectivity index is 1.21. The van der Waals surface area contributed by atoms with Gasteiger partial charge in [-0.25, -0.2) is 4.79 Å². The Hall–Kier alpha value is -3.73. The Morgan fingerprint density at radius 2 is 1.82 bits per heavy atom. The van der Waals surface area contributed by atoms with E-state index in [4.69, 9.17) is 10.5 Å². The number of carbonyl (C=O) groups is 1. The zero-order valence-corrected chi connectivity index (χ0v) is 19.7. The minimum Gasteiger partial charge on any atom is -0.445 e. The van der Waals surface area contributed by atoms with Crippen LogP contribution in [0.25, 0.3) is 5.57 Å². The van der Waals surface area contributed by atoms with Crippen LogP contribution in [0, 0.1) is 6.92 Å². The van der Waals surface area contributed by atoms with Crippen molar-refractivity contribution >= 4 is 23.0 Å². The fraction of sp³-hybridized carbons (Fsp3) is 0.276. The summed E-state index contributed by atoms with van der Waals surface area (Å²) in [5, 5.41) is 0. The largest absolute Gasteiger partial charge is 0.445 e. The lowest BCUT2D eigenvalue weighted by molar-refractivity contribution is 0.0918. The van der Waals surface area contributed by atoms with E-state index in [1.54, 1.807) is 4.90 Å². The minimum absolute atomic E-state index is 0.244. The van der Waals surface area contributed by atoms with Crippen LogP contribution < -0.4 is 10.6 Å². The van der Waals surface area contributed by atoms with E-state index in [-0.39, 0.29) is 6.09 Å². The zero-order chi connectivity index (χ0) is 23.5. The maximum absolute atomic E-state index is 12.6. The Bertz CT molecular complexity index is 1220. The van der Waals surface area contributed by atoms with Crippen molar-refractivity contribution in [2.24, 2.45) is 0 Å². The van der Waals surface area contributed by atoms with E-state index in [0.29, 0.717) is 19.7 Å². The van der Waals surface area contributed by atoms with Crippen molar-refractivity contribution in [2.75, 3.05) is 30.3 Å². The number of carbonyl (C=O) groups excluding carboxylic acids is 1. The summed E-state index contributed by atoms with van der Waals surface area (Å²) in [5.74, 6) is 0. The number of nitrogen functional groups attached to an aromatic ring is 1. The van der Waals surface area contributed by atoms with E-state index in [2.05, 4.69) is 42.2 Å². The Morgan fingerprint density at radius 3 is 2.59 bits per heavy atom. The molecule has 2 N–H and O–H groups in total. The fourth-order valence-electron chi connectivity index (χ4n) is 4.90. The molecule has 0 atom stereocenters. The summed E-state index contributed by atoms with van der Waals surface area (Å²) < 4.78 is 5.53. The molecular weight excluding hydrogens is 422 g/mol. The summed E-state index contributed by atoms with van der Waals surface area (Å²) in [4.78, 5) is 16.8. The van der Waals surface area contributed by atoms with Crippen molar-refractivity contribution < 1.29 is 9.53 Å². The first-order valence-electron chi connectivity index (χ1n) is 11.9. The molecule has 0 unspecified atom stereocenters. The third-order valence-corrected chi connectivity index (χ3v) is 6.82. The van der Waals surface area contributed by atoms with E-state index < -0.39 is 0 Å². The van der Waals surface area contributed by atoms with E-state index in [9.17, 15) is 4.79 Å². The Kier molecular flexibility index (Phi) is 6.26. The highest BCUT2D eigenvalue weighted by Gasteiger charge is 2.23. The SMILES string of the molecule is Cc1cc(N)ccc1N1CC=C(c2ccc3c(c2)CCN(C(=O)OCc2ccccc2)C3)CC1. The summed E-state index contributed by atoms with van der Waals surface area (Å²) in [7, 11) is 0. The molecule has 0 fully saturated rings. The molecule has 0 spiro atoms. The van der Waals surface area contributed by atoms with Gasteiger partial charge in [0.2, 0.25) is 0 Å². The third-order valence-electron chi connectivity index (χ3n) is 6.82. The van der Waals surface area contributed by atoms with Gasteiger partial charge in [-0.1, -0.05) is 54.6 Å². The van der Waals surface area contributed by atoms with Crippen molar-refractivity contribution in [1.29, 1.82) is 0 Å². The van der Waals surface area contributed by atoms with Crippen LogP contribution in [0.4, 0.5) is 16.2 Å². The molecule has 0 aromatic heterocycles. The zero-order valence-electron chi connectivity index (χ0n) is 19.7. The molecular formula is C29H31N3O2. The van der Waals surface area contributed by atoms with Crippen LogP contribution >= 0.6 is 0 Å². The molecule has 2 aliphatic heterocycles. The van der Waals surface area contributed by atoms with Crippen LogP contribution in [0.15, 0.2) is 72.8 Å². The lowest BCUT2D eigenvalue weighted by atomic mass is 9.92. The molecule has 2 aliphatic rings. The van der Waals surface area contributed by atoms with Gasteiger partial charge in [0.25, 0.3) is 0 Å². The number of hydrogen-bond donors (Lipinski definition) is 1. The molecule has 34 heavy (non-hydrogen) atoms. The van der Waals surface area contributed by atoms with Crippen molar-refractivity contribution in [2.45, 2.75) is 32.9 Å². The van der Waals surface area contributed by atoms with E-state index in [1.165, 1.54) is 33.5 Å². The topological polar surface area (TPSA) is 58.8 Å². The summed E-state index contributed by atoms with van der Waals surface area (Å²) in [5.41, 5.74) is 15.5. The molecule has 3 aromatic carbocycles. The molecule has 5 rings (SSSR count). The molecule has 0 saturated heterocycles. The monoisotopic (exact) mass is 453 g/mol. The van der Waals surface area contributed by atoms with Crippen LogP contribution in [0.5, 0.6) is 0 Å². The maximum Gasteiger partial charge on any atom is 0.410 e. The lowest BCUT2D eigenvalue weighted by Gasteiger charge is -2.31. The number of anilines is 2. The first kappa shape index (κ1) is 22.1. The second-order valence-electron chi connectivity index (χ2n) is 9.17. The molecule has 0 saturated carbocycles. The summed E-state index contributed by atoms with van der Waals surface area (Å²) in [6, 6.07) is 22.6. The van der Waals surface area contributed by atoms with E-state index >= 15 is 0 Å². The summed E-state index contributed by atoms with van der Waals surface area (Å²) >= 11 is 0. The lowest BCUT2D eigenvalue weighted by Crippen LogP contribution is -2.36. The van der Waals surface area contributed by atoms with Crippen molar-refractivity contribution in [1.82, 2.24) is 4.90 Å². The second-order valence-corrected chi connectivity index (χ2v) is 9.17. The van der Waals surface area contributed by atoms with Crippen molar-refractivity contribution in [3.63, 3.8) is 0 Å². The molecule has 1 amide bonds. The summed E-state index contributed by atoms with van der Waals surface area (Å²) in [6.45, 7) is 5.62. The number of rotatable bonds is 4. The molecule has 174 valence electrons. The number of benzene rings is 3. The van der Waals surface area contributed by atoms with Gasteiger partial charge in [0.15, 0.2) is 0 Å². The smallest absolute Gasteiger partial charge is 0.410 e. The normalized spacial score (nSPS) is 15.5. The molecule has 0 aliphatic carbocycles. The number of ether oxygens (including phenoxy) is 1. The van der Waals surface area contributed by atoms with E-state index in [1.807, 2.05) is 42.5 Å². The molecule has 0 bridgehead atoms. The van der Waals surface area contributed by atoms with Crippen LogP contribution in [0.2, 0.25) is 0 Å². The third kappa shape index (κ3) is 4.79. The number of nitrogens with zero attached hydrogens (tertiary/aromatic N) is 2. The van der Waals surface area contributed by atoms with Gasteiger partial charge in [-0.15, -0.1) is 0 Å². The minimum atomic E-state index is -0.244. The second kappa shape index (κ2) is 9.64. The van der Waals surface area contributed by atoms with Crippen LogP contribution in [0.3, 0.4) is 0 Å². The Morgan fingerprint density at radius 1 is 0.971 bits per heavy atom. The van der Waals surface area contributed by atoms with Gasteiger partial charge in [0.1, 0.15) is 6.61 Å². The number of aryl methyl sites for hydroxylation is 1. The summed E-state index contributed by atoms with van der Waals surface area (Å²) in [6.07, 6.45) is 3.97. The quantitative estimate of drug-likeness (QED) is 0.525. The first-order chi connectivity index (χ1) is 16.6. The molecule has 5 nitrogen and oxygen atoms in total. The standard InChI is InChI=1S/C29H31N3O2/c1-21-17-27(30)9-10-28(21)31-14-11-23(12-15-31)24-7-8-26-19-32(16-13-25(26)18-24)29(33)34-20-22-5-3-2-4-6-22/h2-11,17-18H,12-16,19-20,30H2,1H3. The van der Waals surface area contributed by atoms with Gasteiger partial charge < -0.3 is 20.3 Å². The van der Waals surface area contributed by atoms with Gasteiger partial charge >= 0.3 is 6.09 Å². The van der Waals surface area contributed by atoms with Crippen LogP contribution in [-0.4, -0.2) is 30.6 Å². The van der Waals surface area contributed by atoms with Gasteiger partial charge in [0, 0.05) is 37.6 Å². The van der Waals surface area contributed by atoms with Crippen molar-refractivity contribution in [3.05, 3.63) is 101 Å². The predicted molar refractivity (Wildman–Crippen MR) is 138 cm³/mol. The predicted octanol–water partition coefficient (Wildman–Crippen LogP) is 5.57. The van der Waals surface area contributed by atoms with Gasteiger partial charge in [-0.2, -0.15) is 0 Å². The van der Waals surface area contributed by atoms with Gasteiger partial charge in [0.05, 0.1) is 0 Å². The van der Waals surface area contributed by atoms with Gasteiger partial charge in [-0.3, -0.25) is 0 Å². The first-order valence-corrected chi connectivity index (χ1v) is 11.9. The van der Waals surface area contributed by atoms with E-state index in [0.717, 1.165) is 37.2 Å². The highest BCUT2D eigenvalue weighted by Crippen LogP contribution is 2.30. The average molecular weight is 454 g/mol. The van der Waals surface area contributed by atoms with Gasteiger partial charge in [-0.05, 0) is 71.4 Å². The number of amides is 1. The molecule has 0 radical (unpaired) electrons. The van der Waals surface area contributed by atoms with Crippen molar-refractivity contribution in [3.8, 4) is 0 Å². The fourth-order valence-corrected chi connectivity index (χ4v) is 4.90. The van der Waals surface area contributed by atoms with Crippen LogP contribution in [-0.2, 0) is 24.3 Å². The molecule has 2 heterocycles. The number of fused-ring (bicyclic) bond motifs is 1. The van der Waals surface area contributed by atoms with Crippen LogP contribution in [0.1, 0.15) is 34.2 Å². The highest BCUT2D eigenvalue weighted by molar-refractivity contribution is 5.72. The maximum atomic E-state index is 12.6.